The Bertz CT molecular complexity index is 229. The Morgan fingerprint density at radius 3 is 2.85 bits per heavy atom. The first-order valence-corrected chi connectivity index (χ1v) is 4.12. The fourth-order valence-corrected chi connectivity index (χ4v) is 0.644. The minimum Gasteiger partial charge on any atom is -0.466 e. The lowest BCUT2D eigenvalue weighted by molar-refractivity contribution is -0.140. The predicted molar refractivity (Wildman–Crippen MR) is 53.7 cm³/mol. The van der Waals surface area contributed by atoms with E-state index in [0.29, 0.717) is 13.0 Å². The molecule has 0 N–H and O–H groups in total. The van der Waals surface area contributed by atoms with Crippen LogP contribution in [0.3, 0.4) is 0 Å². The monoisotopic (exact) mass is 181 g/mol. The fraction of sp³-hybridized carbons (Fsp3) is 0.400. The number of nitrogens with zero attached hydrogens (tertiary/aromatic N) is 1. The highest BCUT2D eigenvalue weighted by Crippen LogP contribution is 2.00. The van der Waals surface area contributed by atoms with Crippen LogP contribution >= 0.6 is 0 Å². The summed E-state index contributed by atoms with van der Waals surface area (Å²) in [4.78, 5) is 14.3. The van der Waals surface area contributed by atoms with Gasteiger partial charge in [-0.25, -0.2) is 0 Å². The molecule has 0 saturated heterocycles. The number of esters is 1. The molecule has 3 heteroatoms. The zero-order chi connectivity index (χ0) is 10.1. The zero-order valence-corrected chi connectivity index (χ0v) is 8.12. The standard InChI is InChI=1S/C10H15NO2/c1-4-11-7-5-9(2)6-8-13-10(3)12/h4-5,7H,2,6,8H2,1,3H3/b7-5-,11-4?. The summed E-state index contributed by atoms with van der Waals surface area (Å²) in [5, 5.41) is 0. The van der Waals surface area contributed by atoms with Gasteiger partial charge in [0.2, 0.25) is 0 Å². The Morgan fingerprint density at radius 1 is 1.62 bits per heavy atom. The molecule has 0 rings (SSSR count). The maximum atomic E-state index is 10.4. The van der Waals surface area contributed by atoms with Crippen LogP contribution < -0.4 is 0 Å². The summed E-state index contributed by atoms with van der Waals surface area (Å²) >= 11 is 0. The minimum atomic E-state index is -0.261. The van der Waals surface area contributed by atoms with Crippen molar-refractivity contribution < 1.29 is 9.53 Å². The van der Waals surface area contributed by atoms with Crippen molar-refractivity contribution in [3.05, 3.63) is 24.4 Å². The van der Waals surface area contributed by atoms with Crippen LogP contribution in [0, 0.1) is 0 Å². The summed E-state index contributed by atoms with van der Waals surface area (Å²) in [6.07, 6.45) is 5.80. The third-order valence-corrected chi connectivity index (χ3v) is 1.27. The molecule has 0 radical (unpaired) electrons. The summed E-state index contributed by atoms with van der Waals surface area (Å²) in [7, 11) is 0. The maximum absolute atomic E-state index is 10.4. The van der Waals surface area contributed by atoms with E-state index in [9.17, 15) is 4.79 Å². The predicted octanol–water partition coefficient (Wildman–Crippen LogP) is 2.10. The SMILES string of the molecule is C=C(/C=C\N=CC)CCOC(C)=O. The molecule has 0 aromatic heterocycles. The number of rotatable bonds is 5. The van der Waals surface area contributed by atoms with E-state index in [1.165, 1.54) is 6.92 Å². The van der Waals surface area contributed by atoms with Gasteiger partial charge in [0.1, 0.15) is 0 Å². The molecule has 0 saturated carbocycles. The third-order valence-electron chi connectivity index (χ3n) is 1.27. The van der Waals surface area contributed by atoms with E-state index >= 15 is 0 Å². The van der Waals surface area contributed by atoms with Crippen molar-refractivity contribution in [1.29, 1.82) is 0 Å². The van der Waals surface area contributed by atoms with E-state index in [1.807, 2.05) is 6.92 Å². The molecule has 13 heavy (non-hydrogen) atoms. The summed E-state index contributed by atoms with van der Waals surface area (Å²) in [5.74, 6) is -0.261. The highest BCUT2D eigenvalue weighted by Gasteiger charge is 1.93. The van der Waals surface area contributed by atoms with Crippen LogP contribution in [0.2, 0.25) is 0 Å². The Kier molecular flexibility index (Phi) is 6.51. The van der Waals surface area contributed by atoms with Crippen LogP contribution in [-0.4, -0.2) is 18.8 Å². The van der Waals surface area contributed by atoms with Crippen molar-refractivity contribution in [2.45, 2.75) is 20.3 Å². The van der Waals surface area contributed by atoms with Gasteiger partial charge in [0.25, 0.3) is 0 Å². The Morgan fingerprint density at radius 2 is 2.31 bits per heavy atom. The van der Waals surface area contributed by atoms with Crippen LogP contribution in [0.5, 0.6) is 0 Å². The largest absolute Gasteiger partial charge is 0.466 e. The van der Waals surface area contributed by atoms with Gasteiger partial charge in [-0.2, -0.15) is 0 Å². The van der Waals surface area contributed by atoms with E-state index in [-0.39, 0.29) is 5.97 Å². The highest BCUT2D eigenvalue weighted by molar-refractivity contribution is 5.65. The minimum absolute atomic E-state index is 0.261. The molecule has 0 amide bonds. The molecule has 3 nitrogen and oxygen atoms in total. The Balaban J connectivity index is 3.57. The zero-order valence-electron chi connectivity index (χ0n) is 8.12. The lowest BCUT2D eigenvalue weighted by Crippen LogP contribution is -2.00. The lowest BCUT2D eigenvalue weighted by atomic mass is 10.2. The van der Waals surface area contributed by atoms with Gasteiger partial charge < -0.3 is 4.74 Å². The van der Waals surface area contributed by atoms with Gasteiger partial charge in [0.05, 0.1) is 6.61 Å². The van der Waals surface area contributed by atoms with E-state index in [4.69, 9.17) is 4.74 Å². The number of ether oxygens (including phenoxy) is 1. The number of aliphatic imine (C=N–C) groups is 1. The molecular weight excluding hydrogens is 166 g/mol. The maximum Gasteiger partial charge on any atom is 0.302 e. The third kappa shape index (κ3) is 8.53. The van der Waals surface area contributed by atoms with Gasteiger partial charge in [0, 0.05) is 25.8 Å². The first kappa shape index (κ1) is 11.6. The Hall–Kier alpha value is -1.38. The average Bonchev–Trinajstić information content (AvgIpc) is 2.04. The van der Waals surface area contributed by atoms with Crippen LogP contribution in [0.4, 0.5) is 0 Å². The summed E-state index contributed by atoms with van der Waals surface area (Å²) < 4.78 is 4.75. The molecule has 0 atom stereocenters. The molecule has 0 aliphatic rings. The second-order valence-corrected chi connectivity index (χ2v) is 2.47. The summed E-state index contributed by atoms with van der Waals surface area (Å²) in [6, 6.07) is 0. The lowest BCUT2D eigenvalue weighted by Gasteiger charge is -2.00. The number of carbonyl (C=O) groups is 1. The van der Waals surface area contributed by atoms with E-state index in [2.05, 4.69) is 11.6 Å². The Labute approximate surface area is 78.8 Å². The van der Waals surface area contributed by atoms with Crippen molar-refractivity contribution >= 4 is 12.2 Å². The summed E-state index contributed by atoms with van der Waals surface area (Å²) in [5.41, 5.74) is 0.895. The smallest absolute Gasteiger partial charge is 0.302 e. The second kappa shape index (κ2) is 7.28. The van der Waals surface area contributed by atoms with Crippen LogP contribution in [0.1, 0.15) is 20.3 Å². The molecule has 0 spiro atoms. The molecule has 0 aromatic rings. The van der Waals surface area contributed by atoms with E-state index < -0.39 is 0 Å². The van der Waals surface area contributed by atoms with E-state index in [1.54, 1.807) is 18.5 Å². The van der Waals surface area contributed by atoms with Crippen molar-refractivity contribution in [2.75, 3.05) is 6.61 Å². The first-order valence-electron chi connectivity index (χ1n) is 4.12. The van der Waals surface area contributed by atoms with Crippen LogP contribution in [-0.2, 0) is 9.53 Å². The molecule has 0 aliphatic carbocycles. The molecule has 0 heterocycles. The van der Waals surface area contributed by atoms with Gasteiger partial charge in [-0.05, 0) is 13.0 Å². The number of allylic oxidation sites excluding steroid dienone is 1. The molecular formula is C10H15NO2. The molecule has 0 aromatic carbocycles. The molecule has 0 fully saturated rings. The fourth-order valence-electron chi connectivity index (χ4n) is 0.644. The summed E-state index contributed by atoms with van der Waals surface area (Å²) in [6.45, 7) is 7.38. The first-order chi connectivity index (χ1) is 6.16. The van der Waals surface area contributed by atoms with Crippen molar-refractivity contribution in [3.8, 4) is 0 Å². The number of carbonyl (C=O) groups excluding carboxylic acids is 1. The van der Waals surface area contributed by atoms with Crippen molar-refractivity contribution in [2.24, 2.45) is 4.99 Å². The van der Waals surface area contributed by atoms with Gasteiger partial charge in [-0.15, -0.1) is 0 Å². The highest BCUT2D eigenvalue weighted by atomic mass is 16.5. The van der Waals surface area contributed by atoms with Gasteiger partial charge in [-0.1, -0.05) is 12.2 Å². The number of hydrogen-bond acceptors (Lipinski definition) is 3. The van der Waals surface area contributed by atoms with Crippen LogP contribution in [0.15, 0.2) is 29.4 Å². The molecule has 0 aliphatic heterocycles. The number of hydrogen-bond donors (Lipinski definition) is 0. The van der Waals surface area contributed by atoms with Crippen molar-refractivity contribution in [3.63, 3.8) is 0 Å². The van der Waals surface area contributed by atoms with E-state index in [0.717, 1.165) is 5.57 Å². The molecule has 0 bridgehead atoms. The molecule has 0 unspecified atom stereocenters. The van der Waals surface area contributed by atoms with Gasteiger partial charge in [-0.3, -0.25) is 9.79 Å². The van der Waals surface area contributed by atoms with Gasteiger partial charge >= 0.3 is 5.97 Å². The van der Waals surface area contributed by atoms with Crippen molar-refractivity contribution in [1.82, 2.24) is 0 Å². The quantitative estimate of drug-likeness (QED) is 0.370. The molecule has 72 valence electrons. The average molecular weight is 181 g/mol. The van der Waals surface area contributed by atoms with Crippen LogP contribution in [0.25, 0.3) is 0 Å². The normalized spacial score (nSPS) is 10.9. The second-order valence-electron chi connectivity index (χ2n) is 2.47. The van der Waals surface area contributed by atoms with Gasteiger partial charge in [0.15, 0.2) is 0 Å². The topological polar surface area (TPSA) is 38.7 Å².